The van der Waals surface area contributed by atoms with Crippen LogP contribution in [0.5, 0.6) is 0 Å². The zero-order valence-electron chi connectivity index (χ0n) is 4.37. The molecule has 0 aliphatic carbocycles. The van der Waals surface area contributed by atoms with Crippen molar-refractivity contribution in [2.45, 2.75) is 13.5 Å². The Kier molecular flexibility index (Phi) is 4.47. The van der Waals surface area contributed by atoms with Crippen molar-refractivity contribution < 1.29 is 4.43 Å². The fourth-order valence-electron chi connectivity index (χ4n) is 0.253. The average Bonchev–Trinajstić information content (AvgIpc) is 1.30. The summed E-state index contributed by atoms with van der Waals surface area (Å²) in [4.78, 5) is 0. The summed E-state index contributed by atoms with van der Waals surface area (Å²) in [6.45, 7) is 5.05. The van der Waals surface area contributed by atoms with Gasteiger partial charge in [0.25, 0.3) is 0 Å². The summed E-state index contributed by atoms with van der Waals surface area (Å²) >= 11 is 4.76. The van der Waals surface area contributed by atoms with Crippen LogP contribution in [-0.4, -0.2) is 9.92 Å². The van der Waals surface area contributed by atoms with E-state index >= 15 is 0 Å². The Morgan fingerprint density at radius 1 is 1.57 bits per heavy atom. The number of hydrogen-bond donors (Lipinski definition) is 0. The van der Waals surface area contributed by atoms with Crippen molar-refractivity contribution in [2.75, 3.05) is 6.61 Å². The summed E-state index contributed by atoms with van der Waals surface area (Å²) in [5.41, 5.74) is 0. The predicted octanol–water partition coefficient (Wildman–Crippen LogP) is 2.46. The third-order valence-electron chi connectivity index (χ3n) is 0.398. The zero-order chi connectivity index (χ0) is 5.91. The predicted molar refractivity (Wildman–Crippen MR) is 51.3 cm³/mol. The van der Waals surface area contributed by atoms with Crippen LogP contribution in [0.1, 0.15) is 6.92 Å². The van der Waals surface area contributed by atoms with Gasteiger partial charge in [-0.05, 0) is 13.5 Å². The Hall–Kier alpha value is 1.64. The SMILES string of the molecule is CCO[Si](C)(I)I. The van der Waals surface area contributed by atoms with E-state index in [1.807, 2.05) is 6.92 Å². The molecule has 0 rings (SSSR count). The number of rotatable bonds is 2. The number of halogens is 2. The van der Waals surface area contributed by atoms with Crippen molar-refractivity contribution in [1.82, 2.24) is 0 Å². The monoisotopic (exact) mass is 342 g/mol. The summed E-state index contributed by atoms with van der Waals surface area (Å²) < 4.78 is 4.12. The molecule has 0 saturated heterocycles. The molecule has 0 unspecified atom stereocenters. The molecule has 0 radical (unpaired) electrons. The molecule has 0 amide bonds. The van der Waals surface area contributed by atoms with Gasteiger partial charge in [-0.15, -0.1) is 0 Å². The Balaban J connectivity index is 3.15. The quantitative estimate of drug-likeness (QED) is 0.426. The van der Waals surface area contributed by atoms with E-state index in [-0.39, 0.29) is 0 Å². The molecule has 0 spiro atoms. The van der Waals surface area contributed by atoms with Crippen molar-refractivity contribution in [3.05, 3.63) is 0 Å². The molecule has 0 N–H and O–H groups in total. The summed E-state index contributed by atoms with van der Waals surface area (Å²) in [6, 6.07) is 0. The first-order valence-electron chi connectivity index (χ1n) is 2.08. The first kappa shape index (κ1) is 8.64. The maximum atomic E-state index is 5.34. The molecular weight excluding hydrogens is 334 g/mol. The van der Waals surface area contributed by atoms with Crippen LogP contribution in [0.3, 0.4) is 0 Å². The molecule has 0 bridgehead atoms. The summed E-state index contributed by atoms with van der Waals surface area (Å²) in [5, 5.41) is 0. The first-order chi connectivity index (χ1) is 3.06. The van der Waals surface area contributed by atoms with Gasteiger partial charge >= 0.3 is 3.31 Å². The fraction of sp³-hybridized carbons (Fsp3) is 1.00. The van der Waals surface area contributed by atoms with Crippen LogP contribution >= 0.6 is 43.6 Å². The largest absolute Gasteiger partial charge is 0.400 e. The van der Waals surface area contributed by atoms with Crippen molar-refractivity contribution >= 4 is 46.9 Å². The van der Waals surface area contributed by atoms with E-state index in [4.69, 9.17) is 4.43 Å². The van der Waals surface area contributed by atoms with Gasteiger partial charge in [-0.3, -0.25) is 0 Å². The summed E-state index contributed by atoms with van der Waals surface area (Å²) in [6.07, 6.45) is 0. The normalized spacial score (nSPS) is 12.0. The van der Waals surface area contributed by atoms with Crippen LogP contribution in [-0.2, 0) is 4.43 Å². The van der Waals surface area contributed by atoms with E-state index in [2.05, 4.69) is 50.1 Å². The minimum atomic E-state index is -1.22. The standard InChI is InChI=1S/C3H8I2OSi/c1-3-6-7(2,4)5/h3H2,1-2H3. The molecule has 0 fully saturated rings. The average molecular weight is 342 g/mol. The second-order valence-corrected chi connectivity index (χ2v) is 21.7. The highest BCUT2D eigenvalue weighted by Gasteiger charge is 2.18. The van der Waals surface area contributed by atoms with E-state index < -0.39 is 3.31 Å². The topological polar surface area (TPSA) is 9.23 Å². The van der Waals surface area contributed by atoms with Gasteiger partial charge in [-0.2, -0.15) is 0 Å². The highest BCUT2D eigenvalue weighted by Crippen LogP contribution is 2.21. The fourth-order valence-corrected chi connectivity index (χ4v) is 2.63. The molecule has 0 heterocycles. The van der Waals surface area contributed by atoms with Crippen molar-refractivity contribution in [3.63, 3.8) is 0 Å². The minimum Gasteiger partial charge on any atom is -0.400 e. The van der Waals surface area contributed by atoms with E-state index in [0.717, 1.165) is 6.61 Å². The van der Waals surface area contributed by atoms with Crippen LogP contribution in [0, 0.1) is 0 Å². The lowest BCUT2D eigenvalue weighted by Gasteiger charge is -2.09. The van der Waals surface area contributed by atoms with Gasteiger partial charge in [0.2, 0.25) is 0 Å². The Bertz CT molecular complexity index is 51.4. The van der Waals surface area contributed by atoms with Crippen LogP contribution in [0.4, 0.5) is 0 Å². The summed E-state index contributed by atoms with van der Waals surface area (Å²) in [5.74, 6) is 0. The Morgan fingerprint density at radius 2 is 2.00 bits per heavy atom. The van der Waals surface area contributed by atoms with Gasteiger partial charge in [-0.25, -0.2) is 0 Å². The second-order valence-electron chi connectivity index (χ2n) is 1.24. The van der Waals surface area contributed by atoms with E-state index in [9.17, 15) is 0 Å². The molecule has 7 heavy (non-hydrogen) atoms. The molecule has 0 aromatic carbocycles. The molecule has 1 nitrogen and oxygen atoms in total. The minimum absolute atomic E-state index is 0.856. The van der Waals surface area contributed by atoms with Gasteiger partial charge in [0.05, 0.1) is 0 Å². The molecule has 0 saturated carbocycles. The molecule has 0 aliphatic rings. The second kappa shape index (κ2) is 3.62. The zero-order valence-corrected chi connectivity index (χ0v) is 9.69. The van der Waals surface area contributed by atoms with Crippen LogP contribution in [0.2, 0.25) is 6.55 Å². The lowest BCUT2D eigenvalue weighted by Crippen LogP contribution is -2.16. The lowest BCUT2D eigenvalue weighted by molar-refractivity contribution is 0.359. The van der Waals surface area contributed by atoms with Crippen molar-refractivity contribution in [3.8, 4) is 0 Å². The van der Waals surface area contributed by atoms with Crippen LogP contribution in [0.15, 0.2) is 0 Å². The molecule has 0 aliphatic heterocycles. The smallest absolute Gasteiger partial charge is 0.322 e. The molecule has 4 heteroatoms. The van der Waals surface area contributed by atoms with E-state index in [1.165, 1.54) is 0 Å². The van der Waals surface area contributed by atoms with Crippen LogP contribution in [0.25, 0.3) is 0 Å². The van der Waals surface area contributed by atoms with Crippen LogP contribution < -0.4 is 0 Å². The van der Waals surface area contributed by atoms with Gasteiger partial charge in [0.15, 0.2) is 0 Å². The molecule has 0 atom stereocenters. The maximum absolute atomic E-state index is 5.34. The number of hydrogen-bond acceptors (Lipinski definition) is 1. The lowest BCUT2D eigenvalue weighted by atomic mass is 10.9. The van der Waals surface area contributed by atoms with E-state index in [1.54, 1.807) is 0 Å². The maximum Gasteiger partial charge on any atom is 0.322 e. The first-order valence-corrected chi connectivity index (χ1v) is 10.7. The van der Waals surface area contributed by atoms with Gasteiger partial charge in [-0.1, -0.05) is 43.6 Å². The highest BCUT2D eigenvalue weighted by atomic mass is 127. The van der Waals surface area contributed by atoms with Gasteiger partial charge in [0, 0.05) is 6.61 Å². The van der Waals surface area contributed by atoms with Gasteiger partial charge < -0.3 is 4.43 Å². The molecule has 0 aromatic heterocycles. The highest BCUT2D eigenvalue weighted by molar-refractivity contribution is 14.3. The van der Waals surface area contributed by atoms with E-state index in [0.29, 0.717) is 0 Å². The molecule has 0 aromatic rings. The van der Waals surface area contributed by atoms with Crippen molar-refractivity contribution in [1.29, 1.82) is 0 Å². The van der Waals surface area contributed by atoms with Gasteiger partial charge in [0.1, 0.15) is 0 Å². The van der Waals surface area contributed by atoms with Crippen molar-refractivity contribution in [2.24, 2.45) is 0 Å². The Labute approximate surface area is 70.8 Å². The third kappa shape index (κ3) is 7.64. The summed E-state index contributed by atoms with van der Waals surface area (Å²) in [7, 11) is 0. The third-order valence-corrected chi connectivity index (χ3v) is 3.06. The Morgan fingerprint density at radius 3 is 2.00 bits per heavy atom. The molecule has 44 valence electrons. The molecular formula is C3H8I2OSi.